The number of carbonyl (C=O) groups is 2. The highest BCUT2D eigenvalue weighted by molar-refractivity contribution is 8.00. The lowest BCUT2D eigenvalue weighted by Gasteiger charge is -2.53. The summed E-state index contributed by atoms with van der Waals surface area (Å²) in [4.78, 5) is 31.4. The Labute approximate surface area is 160 Å². The van der Waals surface area contributed by atoms with Crippen LogP contribution < -0.4 is 20.3 Å². The fourth-order valence-electron chi connectivity index (χ4n) is 3.43. The molecule has 3 heterocycles. The minimum Gasteiger partial charge on any atom is -0.549 e. The van der Waals surface area contributed by atoms with Crippen molar-refractivity contribution in [3.63, 3.8) is 0 Å². The van der Waals surface area contributed by atoms with Crippen molar-refractivity contribution in [1.82, 2.24) is 9.88 Å². The lowest BCUT2D eigenvalue weighted by atomic mass is 9.87. The second kappa shape index (κ2) is 7.97. The molecule has 3 atom stereocenters. The molecular formula is C16H23N5O5S. The molecule has 3 rings (SSSR count). The number of carboxylic acid groups (broad SMARTS) is 1. The van der Waals surface area contributed by atoms with Gasteiger partial charge in [0.15, 0.2) is 18.6 Å². The molecule has 0 spiro atoms. The number of nitrogens with two attached hydrogens (primary N) is 1. The summed E-state index contributed by atoms with van der Waals surface area (Å²) in [7, 11) is 0. The molecule has 2 saturated heterocycles. The Morgan fingerprint density at radius 1 is 1.48 bits per heavy atom. The molecule has 0 aliphatic carbocycles. The standard InChI is InChI=1S/C16H23N5O5S/c17-12-13(24)21-9-16(15(25)26,10-27-14(12)21)8-19-2-1-18-11(7-19)20(3-5-22)4-6-23/h1-2,7,12,14,22-23H,3-6,8-10,17H2/t12?,14-,16?/m1/s1. The Morgan fingerprint density at radius 2 is 2.19 bits per heavy atom. The van der Waals surface area contributed by atoms with Gasteiger partial charge in [-0.25, -0.2) is 4.98 Å². The number of anilines is 1. The van der Waals surface area contributed by atoms with Gasteiger partial charge < -0.3 is 35.6 Å². The predicted octanol–water partition coefficient (Wildman–Crippen LogP) is -3.86. The number of β-lactam (4-membered cyclic amide) rings is 1. The number of nitrogens with zero attached hydrogens (tertiary/aromatic N) is 4. The van der Waals surface area contributed by atoms with Crippen LogP contribution in [0.3, 0.4) is 0 Å². The van der Waals surface area contributed by atoms with E-state index in [9.17, 15) is 24.9 Å². The zero-order valence-corrected chi connectivity index (χ0v) is 15.5. The van der Waals surface area contributed by atoms with Gasteiger partial charge in [0.05, 0.1) is 30.8 Å². The van der Waals surface area contributed by atoms with Gasteiger partial charge in [0.2, 0.25) is 12.1 Å². The van der Waals surface area contributed by atoms with E-state index in [1.54, 1.807) is 21.9 Å². The number of aromatic nitrogens is 2. The van der Waals surface area contributed by atoms with E-state index in [1.807, 2.05) is 0 Å². The van der Waals surface area contributed by atoms with Crippen LogP contribution in [0.25, 0.3) is 0 Å². The van der Waals surface area contributed by atoms with Crippen molar-refractivity contribution in [3.05, 3.63) is 18.6 Å². The molecule has 148 valence electrons. The molecule has 1 amide bonds. The van der Waals surface area contributed by atoms with E-state index in [0.29, 0.717) is 24.7 Å². The number of hydrogen-bond acceptors (Lipinski definition) is 9. The van der Waals surface area contributed by atoms with Gasteiger partial charge in [-0.05, 0) is 0 Å². The molecule has 0 saturated carbocycles. The van der Waals surface area contributed by atoms with E-state index in [-0.39, 0.29) is 37.6 Å². The third-order valence-electron chi connectivity index (χ3n) is 4.91. The monoisotopic (exact) mass is 397 g/mol. The molecule has 0 radical (unpaired) electrons. The van der Waals surface area contributed by atoms with Crippen molar-refractivity contribution in [2.45, 2.75) is 18.0 Å². The minimum absolute atomic E-state index is 0.0567. The quantitative estimate of drug-likeness (QED) is 0.296. The highest BCUT2D eigenvalue weighted by Gasteiger charge is 2.55. The average Bonchev–Trinajstić information content (AvgIpc) is 2.67. The second-order valence-corrected chi connectivity index (χ2v) is 7.89. The third-order valence-corrected chi connectivity index (χ3v) is 6.52. The normalized spacial score (nSPS) is 27.1. The second-order valence-electron chi connectivity index (χ2n) is 6.78. The zero-order chi connectivity index (χ0) is 19.6. The lowest BCUT2D eigenvalue weighted by Crippen LogP contribution is -2.74. The van der Waals surface area contributed by atoms with Crippen molar-refractivity contribution in [2.24, 2.45) is 11.1 Å². The van der Waals surface area contributed by atoms with Gasteiger partial charge >= 0.3 is 0 Å². The van der Waals surface area contributed by atoms with Gasteiger partial charge in [-0.1, -0.05) is 0 Å². The fraction of sp³-hybridized carbons (Fsp3) is 0.625. The van der Waals surface area contributed by atoms with E-state index in [0.717, 1.165) is 0 Å². The zero-order valence-electron chi connectivity index (χ0n) is 14.7. The van der Waals surface area contributed by atoms with Crippen molar-refractivity contribution < 1.29 is 29.5 Å². The van der Waals surface area contributed by atoms with E-state index < -0.39 is 17.4 Å². The van der Waals surface area contributed by atoms with E-state index in [1.165, 1.54) is 22.9 Å². The van der Waals surface area contributed by atoms with Crippen LogP contribution in [0, 0.1) is 5.41 Å². The Morgan fingerprint density at radius 3 is 2.81 bits per heavy atom. The molecule has 27 heavy (non-hydrogen) atoms. The highest BCUT2D eigenvalue weighted by Crippen LogP contribution is 2.41. The number of aliphatic hydroxyl groups excluding tert-OH is 2. The Hall–Kier alpha value is -1.95. The van der Waals surface area contributed by atoms with Crippen LogP contribution in [0.15, 0.2) is 18.6 Å². The van der Waals surface area contributed by atoms with Crippen molar-refractivity contribution >= 4 is 29.5 Å². The highest BCUT2D eigenvalue weighted by atomic mass is 32.2. The van der Waals surface area contributed by atoms with Crippen LogP contribution >= 0.6 is 11.8 Å². The average molecular weight is 397 g/mol. The van der Waals surface area contributed by atoms with Crippen LogP contribution in [-0.2, 0) is 16.1 Å². The van der Waals surface area contributed by atoms with Crippen LogP contribution in [0.2, 0.25) is 0 Å². The largest absolute Gasteiger partial charge is 0.549 e. The molecule has 2 aliphatic rings. The molecule has 2 fully saturated rings. The number of fused-ring (bicyclic) bond motifs is 1. The molecule has 2 unspecified atom stereocenters. The number of amides is 1. The van der Waals surface area contributed by atoms with Crippen LogP contribution in [0.5, 0.6) is 0 Å². The van der Waals surface area contributed by atoms with E-state index in [2.05, 4.69) is 4.98 Å². The first-order valence-corrected chi connectivity index (χ1v) is 9.67. The summed E-state index contributed by atoms with van der Waals surface area (Å²) in [6.07, 6.45) is 4.84. The number of aliphatic carboxylic acids is 1. The molecule has 1 aromatic rings. The minimum atomic E-state index is -1.24. The molecular weight excluding hydrogens is 374 g/mol. The summed E-state index contributed by atoms with van der Waals surface area (Å²) < 4.78 is 1.69. The van der Waals surface area contributed by atoms with Gasteiger partial charge in [-0.3, -0.25) is 4.79 Å². The van der Waals surface area contributed by atoms with Gasteiger partial charge in [-0.15, -0.1) is 11.8 Å². The smallest absolute Gasteiger partial charge is 0.243 e. The first-order valence-electron chi connectivity index (χ1n) is 8.63. The van der Waals surface area contributed by atoms with Crippen LogP contribution in [0.4, 0.5) is 5.82 Å². The molecule has 0 bridgehead atoms. The number of thioether (sulfide) groups is 1. The summed E-state index contributed by atoms with van der Waals surface area (Å²) in [6, 6.07) is -0.569. The first kappa shape index (κ1) is 19.8. The van der Waals surface area contributed by atoms with E-state index >= 15 is 0 Å². The number of aliphatic hydroxyl groups is 2. The van der Waals surface area contributed by atoms with Gasteiger partial charge in [0, 0.05) is 25.4 Å². The summed E-state index contributed by atoms with van der Waals surface area (Å²) in [5.41, 5.74) is 4.53. The Kier molecular flexibility index (Phi) is 5.84. The summed E-state index contributed by atoms with van der Waals surface area (Å²) in [5, 5.41) is 30.2. The Bertz CT molecular complexity index is 716. The number of carboxylic acids is 1. The molecule has 2 aliphatic heterocycles. The topological polar surface area (TPSA) is 147 Å². The molecule has 0 aromatic carbocycles. The number of carbonyl (C=O) groups excluding carboxylic acids is 2. The molecule has 4 N–H and O–H groups in total. The Balaban J connectivity index is 1.80. The molecule has 10 nitrogen and oxygen atoms in total. The number of rotatable bonds is 8. The maximum atomic E-state index is 12.0. The predicted molar refractivity (Wildman–Crippen MR) is 94.2 cm³/mol. The van der Waals surface area contributed by atoms with Crippen molar-refractivity contribution in [3.8, 4) is 0 Å². The van der Waals surface area contributed by atoms with Crippen LogP contribution in [0.1, 0.15) is 0 Å². The van der Waals surface area contributed by atoms with Gasteiger partial charge in [0.25, 0.3) is 0 Å². The summed E-state index contributed by atoms with van der Waals surface area (Å²) in [6.45, 7) is 0.544. The van der Waals surface area contributed by atoms with Crippen molar-refractivity contribution in [1.29, 1.82) is 0 Å². The number of hydrogen-bond donors (Lipinski definition) is 3. The summed E-state index contributed by atoms with van der Waals surface area (Å²) in [5.74, 6) is -0.651. The maximum Gasteiger partial charge on any atom is 0.243 e. The van der Waals surface area contributed by atoms with Gasteiger partial charge in [-0.2, -0.15) is 4.57 Å². The summed E-state index contributed by atoms with van der Waals surface area (Å²) >= 11 is 1.36. The third kappa shape index (κ3) is 3.72. The molecule has 1 aromatic heterocycles. The SMILES string of the molecule is NC1C(=O)N2CC(C[n+]3ccnc(N(CCO)CCO)c3)(C(=O)[O-])CS[C@H]12. The van der Waals surface area contributed by atoms with Gasteiger partial charge in [0.1, 0.15) is 11.4 Å². The van der Waals surface area contributed by atoms with Crippen LogP contribution in [-0.4, -0.2) is 82.0 Å². The maximum absolute atomic E-state index is 12.0. The van der Waals surface area contributed by atoms with Crippen molar-refractivity contribution in [2.75, 3.05) is 43.5 Å². The lowest BCUT2D eigenvalue weighted by molar-refractivity contribution is -0.707. The first-order chi connectivity index (χ1) is 12.9. The molecule has 11 heteroatoms. The fourth-order valence-corrected chi connectivity index (χ4v) is 4.90. The van der Waals surface area contributed by atoms with E-state index in [4.69, 9.17) is 5.73 Å².